The van der Waals surface area contributed by atoms with Gasteiger partial charge in [0.25, 0.3) is 0 Å². The van der Waals surface area contributed by atoms with Gasteiger partial charge in [0.1, 0.15) is 6.04 Å². The number of amides is 1. The third-order valence-corrected chi connectivity index (χ3v) is 8.73. The van der Waals surface area contributed by atoms with Crippen molar-refractivity contribution in [3.8, 4) is 5.88 Å². The summed E-state index contributed by atoms with van der Waals surface area (Å²) in [4.78, 5) is 33.3. The molecule has 2 aromatic rings. The van der Waals surface area contributed by atoms with Gasteiger partial charge in [0.2, 0.25) is 17.7 Å². The molecule has 1 aromatic heterocycles. The second-order valence-corrected chi connectivity index (χ2v) is 13.9. The highest BCUT2D eigenvalue weighted by atomic mass is 19.3. The van der Waals surface area contributed by atoms with Gasteiger partial charge in [-0.1, -0.05) is 77.9 Å². The summed E-state index contributed by atoms with van der Waals surface area (Å²) in [5.74, 6) is -5.57. The minimum Gasteiger partial charge on any atom is -0.481 e. The number of methoxy groups -OCH3 is 1. The molecule has 1 amide bonds. The molecule has 1 aromatic carbocycles. The van der Waals surface area contributed by atoms with Crippen LogP contribution in [-0.4, -0.2) is 52.0 Å². The number of likely N-dealkylation sites (tertiary alicyclic amines) is 1. The Balaban J connectivity index is 1.79. The lowest BCUT2D eigenvalue weighted by Crippen LogP contribution is -2.50. The second kappa shape index (κ2) is 11.9. The number of pyridine rings is 1. The SMILES string of the molecule is COc1nc(C(C)(C)C)ccc1CN[C@H]1[C@H](C(C)(C)C)[C@@H](C(=O)O)N(C(=O)C2CCCC(F)(F)C2)[C@H]1c1ccccc1. The number of hydrogen-bond donors (Lipinski definition) is 2. The van der Waals surface area contributed by atoms with Crippen molar-refractivity contribution < 1.29 is 28.2 Å². The quantitative estimate of drug-likeness (QED) is 0.392. The van der Waals surface area contributed by atoms with Gasteiger partial charge in [-0.15, -0.1) is 0 Å². The molecule has 2 heterocycles. The van der Waals surface area contributed by atoms with Crippen LogP contribution in [0.15, 0.2) is 42.5 Å². The lowest BCUT2D eigenvalue weighted by molar-refractivity contribution is -0.157. The summed E-state index contributed by atoms with van der Waals surface area (Å²) in [5.41, 5.74) is 1.72. The van der Waals surface area contributed by atoms with E-state index in [-0.39, 0.29) is 18.3 Å². The number of aromatic nitrogens is 1. The lowest BCUT2D eigenvalue weighted by atomic mass is 9.72. The fraction of sp³-hybridized carbons (Fsp3) is 0.606. The van der Waals surface area contributed by atoms with E-state index in [9.17, 15) is 23.5 Å². The highest BCUT2D eigenvalue weighted by Crippen LogP contribution is 2.50. The molecule has 5 atom stereocenters. The Morgan fingerprint density at radius 2 is 1.76 bits per heavy atom. The Morgan fingerprint density at radius 1 is 1.10 bits per heavy atom. The van der Waals surface area contributed by atoms with E-state index in [0.717, 1.165) is 16.8 Å². The third-order valence-electron chi connectivity index (χ3n) is 8.73. The van der Waals surface area contributed by atoms with Crippen molar-refractivity contribution in [2.75, 3.05) is 7.11 Å². The predicted octanol–water partition coefficient (Wildman–Crippen LogP) is 6.37. The number of benzene rings is 1. The molecular weight excluding hydrogens is 540 g/mol. The van der Waals surface area contributed by atoms with Crippen molar-refractivity contribution in [2.24, 2.45) is 17.3 Å². The van der Waals surface area contributed by atoms with Crippen molar-refractivity contribution in [1.82, 2.24) is 15.2 Å². The molecular formula is C33H45F2N3O4. The molecule has 230 valence electrons. The largest absolute Gasteiger partial charge is 0.481 e. The molecule has 1 aliphatic heterocycles. The standard InChI is InChI=1S/C33H45F2N3O4/c1-31(2,3)23-16-15-22(28(37-23)42-7)19-36-25-24(32(4,5)6)27(30(40)41)38(26(25)20-12-9-8-10-13-20)29(39)21-14-11-17-33(34,35)18-21/h8-10,12-13,15-16,21,24-27,36H,11,14,17-19H2,1-7H3,(H,40,41)/t21?,24-,25-,26-,27-/m0/s1. The summed E-state index contributed by atoms with van der Waals surface area (Å²) in [7, 11) is 1.57. The van der Waals surface area contributed by atoms with E-state index in [1.54, 1.807) is 7.11 Å². The van der Waals surface area contributed by atoms with Crippen LogP contribution in [0.25, 0.3) is 0 Å². The van der Waals surface area contributed by atoms with Gasteiger partial charge in [0, 0.05) is 53.9 Å². The Bertz CT molecular complexity index is 1270. The number of aliphatic carboxylic acids is 1. The number of carboxylic acid groups (broad SMARTS) is 1. The Labute approximate surface area is 248 Å². The van der Waals surface area contributed by atoms with Crippen molar-refractivity contribution >= 4 is 11.9 Å². The maximum absolute atomic E-state index is 14.5. The number of nitrogens with zero attached hydrogens (tertiary/aromatic N) is 2. The smallest absolute Gasteiger partial charge is 0.326 e. The first-order valence-electron chi connectivity index (χ1n) is 14.8. The summed E-state index contributed by atoms with van der Waals surface area (Å²) in [6.07, 6.45) is -0.260. The van der Waals surface area contributed by atoms with E-state index in [1.165, 1.54) is 4.90 Å². The van der Waals surface area contributed by atoms with Crippen molar-refractivity contribution in [3.05, 3.63) is 59.3 Å². The normalized spacial score (nSPS) is 26.2. The number of carbonyl (C=O) groups is 2. The maximum atomic E-state index is 14.5. The van der Waals surface area contributed by atoms with Crippen molar-refractivity contribution in [3.63, 3.8) is 0 Å². The van der Waals surface area contributed by atoms with Crippen LogP contribution in [0.3, 0.4) is 0 Å². The van der Waals surface area contributed by atoms with Gasteiger partial charge in [-0.2, -0.15) is 0 Å². The molecule has 0 radical (unpaired) electrons. The zero-order chi connectivity index (χ0) is 31.0. The summed E-state index contributed by atoms with van der Waals surface area (Å²) in [6.45, 7) is 12.4. The van der Waals surface area contributed by atoms with Crippen molar-refractivity contribution in [2.45, 2.75) is 103 Å². The third kappa shape index (κ3) is 6.61. The van der Waals surface area contributed by atoms with Crippen LogP contribution < -0.4 is 10.1 Å². The molecule has 7 nitrogen and oxygen atoms in total. The Morgan fingerprint density at radius 3 is 2.31 bits per heavy atom. The molecule has 2 N–H and O–H groups in total. The number of nitrogens with one attached hydrogen (secondary N) is 1. The average Bonchev–Trinajstić information content (AvgIpc) is 3.26. The minimum absolute atomic E-state index is 0.175. The van der Waals surface area contributed by atoms with Crippen LogP contribution in [0.4, 0.5) is 8.78 Å². The molecule has 4 rings (SSSR count). The van der Waals surface area contributed by atoms with Crippen LogP contribution >= 0.6 is 0 Å². The molecule has 2 aliphatic rings. The number of rotatable bonds is 7. The van der Waals surface area contributed by atoms with Crippen LogP contribution in [-0.2, 0) is 21.5 Å². The van der Waals surface area contributed by atoms with Crippen LogP contribution in [0.5, 0.6) is 5.88 Å². The monoisotopic (exact) mass is 585 g/mol. The first kappa shape index (κ1) is 31.9. The summed E-state index contributed by atoms with van der Waals surface area (Å²) in [6, 6.07) is 10.9. The number of ether oxygens (including phenoxy) is 1. The molecule has 2 fully saturated rings. The van der Waals surface area contributed by atoms with Gasteiger partial charge in [-0.25, -0.2) is 18.6 Å². The highest BCUT2D eigenvalue weighted by molar-refractivity contribution is 5.87. The highest BCUT2D eigenvalue weighted by Gasteiger charge is 2.59. The molecule has 9 heteroatoms. The molecule has 1 saturated carbocycles. The first-order valence-corrected chi connectivity index (χ1v) is 14.8. The molecule has 42 heavy (non-hydrogen) atoms. The van der Waals surface area contributed by atoms with Gasteiger partial charge >= 0.3 is 5.97 Å². The zero-order valence-corrected chi connectivity index (χ0v) is 25.8. The van der Waals surface area contributed by atoms with E-state index < -0.39 is 59.6 Å². The first-order chi connectivity index (χ1) is 19.5. The van der Waals surface area contributed by atoms with Gasteiger partial charge in [0.15, 0.2) is 0 Å². The van der Waals surface area contributed by atoms with Gasteiger partial charge in [-0.3, -0.25) is 4.79 Å². The summed E-state index contributed by atoms with van der Waals surface area (Å²) < 4.78 is 34.6. The van der Waals surface area contributed by atoms with Crippen LogP contribution in [0, 0.1) is 17.3 Å². The van der Waals surface area contributed by atoms with Crippen LogP contribution in [0.1, 0.15) is 90.1 Å². The number of halogens is 2. The van der Waals surface area contributed by atoms with Gasteiger partial charge in [0.05, 0.1) is 13.2 Å². The van der Waals surface area contributed by atoms with E-state index in [4.69, 9.17) is 9.72 Å². The van der Waals surface area contributed by atoms with Gasteiger partial charge in [-0.05, 0) is 29.9 Å². The predicted molar refractivity (Wildman–Crippen MR) is 157 cm³/mol. The van der Waals surface area contributed by atoms with Crippen LogP contribution in [0.2, 0.25) is 0 Å². The topological polar surface area (TPSA) is 91.8 Å². The number of alkyl halides is 2. The minimum atomic E-state index is -2.94. The number of carbonyl (C=O) groups excluding carboxylic acids is 1. The maximum Gasteiger partial charge on any atom is 0.326 e. The van der Waals surface area contributed by atoms with E-state index >= 15 is 0 Å². The molecule has 0 bridgehead atoms. The molecule has 1 aliphatic carbocycles. The molecule has 1 saturated heterocycles. The van der Waals surface area contributed by atoms with Gasteiger partial charge < -0.3 is 20.1 Å². The summed E-state index contributed by atoms with van der Waals surface area (Å²) in [5, 5.41) is 14.2. The Hall–Kier alpha value is -3.07. The zero-order valence-electron chi connectivity index (χ0n) is 25.8. The fourth-order valence-electron chi connectivity index (χ4n) is 6.75. The van der Waals surface area contributed by atoms with E-state index in [0.29, 0.717) is 18.8 Å². The second-order valence-electron chi connectivity index (χ2n) is 13.9. The summed E-state index contributed by atoms with van der Waals surface area (Å²) >= 11 is 0. The fourth-order valence-corrected chi connectivity index (χ4v) is 6.75. The van der Waals surface area contributed by atoms with E-state index in [2.05, 4.69) is 26.1 Å². The molecule has 0 spiro atoms. The number of carboxylic acids is 1. The number of hydrogen-bond acceptors (Lipinski definition) is 5. The average molecular weight is 586 g/mol. The Kier molecular flexibility index (Phi) is 9.03. The van der Waals surface area contributed by atoms with E-state index in [1.807, 2.05) is 63.2 Å². The van der Waals surface area contributed by atoms with Crippen molar-refractivity contribution in [1.29, 1.82) is 0 Å². The molecule has 1 unspecified atom stereocenters. The lowest BCUT2D eigenvalue weighted by Gasteiger charge is -2.37.